The summed E-state index contributed by atoms with van der Waals surface area (Å²) < 4.78 is 11.9. The van der Waals surface area contributed by atoms with Crippen molar-refractivity contribution >= 4 is 32.7 Å². The third-order valence-corrected chi connectivity index (χ3v) is 3.70. The Bertz CT molecular complexity index is 768. The zero-order chi connectivity index (χ0) is 14.1. The number of fused-ring (bicyclic) bond motifs is 1. The van der Waals surface area contributed by atoms with Crippen LogP contribution in [0.25, 0.3) is 22.6 Å². The van der Waals surface area contributed by atoms with Crippen LogP contribution in [0.2, 0.25) is 0 Å². The highest BCUT2D eigenvalue weighted by molar-refractivity contribution is 9.10. The molecule has 0 atom stereocenters. The molecule has 4 nitrogen and oxygen atoms in total. The van der Waals surface area contributed by atoms with Crippen LogP contribution in [-0.2, 0) is 0 Å². The van der Waals surface area contributed by atoms with Gasteiger partial charge in [-0.25, -0.2) is 4.98 Å². The Balaban J connectivity index is 2.07. The first-order chi connectivity index (χ1) is 9.71. The van der Waals surface area contributed by atoms with Crippen LogP contribution in [0.4, 0.5) is 5.69 Å². The molecule has 1 N–H and O–H groups in total. The van der Waals surface area contributed by atoms with Gasteiger partial charge in [-0.05, 0) is 46.3 Å². The fourth-order valence-corrected chi connectivity index (χ4v) is 2.54. The molecule has 0 aliphatic carbocycles. The van der Waals surface area contributed by atoms with Gasteiger partial charge in [0.25, 0.3) is 0 Å². The fraction of sp³-hybridized carbons (Fsp3) is 0.133. The SMILES string of the molecule is CNc1ccc2nc(-c3ccc(OC)c(Br)c3)oc2c1. The lowest BCUT2D eigenvalue weighted by Gasteiger charge is -2.03. The number of aromatic nitrogens is 1. The third kappa shape index (κ3) is 2.25. The van der Waals surface area contributed by atoms with Crippen LogP contribution in [0.5, 0.6) is 5.75 Å². The van der Waals surface area contributed by atoms with Crippen LogP contribution < -0.4 is 10.1 Å². The second-order valence-corrected chi connectivity index (χ2v) is 5.16. The predicted octanol–water partition coefficient (Wildman–Crippen LogP) is 4.31. The van der Waals surface area contributed by atoms with Gasteiger partial charge in [-0.15, -0.1) is 0 Å². The largest absolute Gasteiger partial charge is 0.496 e. The van der Waals surface area contributed by atoms with E-state index < -0.39 is 0 Å². The minimum absolute atomic E-state index is 0.594. The van der Waals surface area contributed by atoms with Crippen molar-refractivity contribution in [2.45, 2.75) is 0 Å². The molecule has 102 valence electrons. The zero-order valence-electron chi connectivity index (χ0n) is 11.1. The summed E-state index contributed by atoms with van der Waals surface area (Å²) in [5, 5.41) is 3.08. The fourth-order valence-electron chi connectivity index (χ4n) is 2.00. The first kappa shape index (κ1) is 13.0. The number of rotatable bonds is 3. The van der Waals surface area contributed by atoms with Crippen LogP contribution >= 0.6 is 15.9 Å². The minimum Gasteiger partial charge on any atom is -0.496 e. The first-order valence-electron chi connectivity index (χ1n) is 6.13. The van der Waals surface area contributed by atoms with Crippen molar-refractivity contribution in [3.8, 4) is 17.2 Å². The molecule has 2 aromatic carbocycles. The Morgan fingerprint density at radius 2 is 2.05 bits per heavy atom. The summed E-state index contributed by atoms with van der Waals surface area (Å²) in [5.74, 6) is 1.37. The number of oxazole rings is 1. The number of hydrogen-bond acceptors (Lipinski definition) is 4. The van der Waals surface area contributed by atoms with E-state index in [0.29, 0.717) is 5.89 Å². The quantitative estimate of drug-likeness (QED) is 0.776. The van der Waals surface area contributed by atoms with E-state index in [1.54, 1.807) is 7.11 Å². The number of nitrogens with one attached hydrogen (secondary N) is 1. The van der Waals surface area contributed by atoms with Crippen molar-refractivity contribution in [2.75, 3.05) is 19.5 Å². The average Bonchev–Trinajstić information content (AvgIpc) is 2.89. The van der Waals surface area contributed by atoms with Gasteiger partial charge in [-0.1, -0.05) is 0 Å². The van der Waals surface area contributed by atoms with Crippen LogP contribution in [0, 0.1) is 0 Å². The lowest BCUT2D eigenvalue weighted by Crippen LogP contribution is -1.85. The molecular weight excluding hydrogens is 320 g/mol. The van der Waals surface area contributed by atoms with E-state index in [4.69, 9.17) is 9.15 Å². The smallest absolute Gasteiger partial charge is 0.227 e. The molecule has 3 aromatic rings. The van der Waals surface area contributed by atoms with Gasteiger partial charge in [0.2, 0.25) is 5.89 Å². The summed E-state index contributed by atoms with van der Waals surface area (Å²) in [6.45, 7) is 0. The topological polar surface area (TPSA) is 47.3 Å². The monoisotopic (exact) mass is 332 g/mol. The van der Waals surface area contributed by atoms with Gasteiger partial charge >= 0.3 is 0 Å². The molecule has 0 fully saturated rings. The molecule has 0 saturated carbocycles. The summed E-state index contributed by atoms with van der Waals surface area (Å²) in [6.07, 6.45) is 0. The molecular formula is C15H13BrN2O2. The molecule has 0 bridgehead atoms. The van der Waals surface area contributed by atoms with E-state index in [2.05, 4.69) is 26.2 Å². The molecule has 0 unspecified atom stereocenters. The van der Waals surface area contributed by atoms with Gasteiger partial charge in [-0.2, -0.15) is 0 Å². The number of ether oxygens (including phenoxy) is 1. The number of hydrogen-bond donors (Lipinski definition) is 1. The number of halogens is 1. The van der Waals surface area contributed by atoms with Crippen LogP contribution in [0.3, 0.4) is 0 Å². The van der Waals surface area contributed by atoms with Gasteiger partial charge in [0.1, 0.15) is 11.3 Å². The lowest BCUT2D eigenvalue weighted by molar-refractivity contribution is 0.412. The maximum absolute atomic E-state index is 5.81. The third-order valence-electron chi connectivity index (χ3n) is 3.08. The predicted molar refractivity (Wildman–Crippen MR) is 83.2 cm³/mol. The van der Waals surface area contributed by atoms with Crippen LogP contribution in [0.1, 0.15) is 0 Å². The van der Waals surface area contributed by atoms with Crippen LogP contribution in [0.15, 0.2) is 45.3 Å². The van der Waals surface area contributed by atoms with Gasteiger partial charge in [0, 0.05) is 24.4 Å². The molecule has 0 aliphatic rings. The number of anilines is 1. The van der Waals surface area contributed by atoms with Crippen molar-refractivity contribution in [2.24, 2.45) is 0 Å². The van der Waals surface area contributed by atoms with E-state index in [9.17, 15) is 0 Å². The Labute approximate surface area is 124 Å². The molecule has 0 aliphatic heterocycles. The van der Waals surface area contributed by atoms with E-state index in [1.165, 1.54) is 0 Å². The Morgan fingerprint density at radius 1 is 1.20 bits per heavy atom. The molecule has 5 heteroatoms. The van der Waals surface area contributed by atoms with Crippen molar-refractivity contribution in [3.63, 3.8) is 0 Å². The minimum atomic E-state index is 0.594. The molecule has 0 radical (unpaired) electrons. The highest BCUT2D eigenvalue weighted by Gasteiger charge is 2.10. The molecule has 3 rings (SSSR count). The highest BCUT2D eigenvalue weighted by atomic mass is 79.9. The molecule has 1 aromatic heterocycles. The molecule has 20 heavy (non-hydrogen) atoms. The van der Waals surface area contributed by atoms with Gasteiger partial charge in [-0.3, -0.25) is 0 Å². The van der Waals surface area contributed by atoms with E-state index in [-0.39, 0.29) is 0 Å². The first-order valence-corrected chi connectivity index (χ1v) is 6.93. The number of methoxy groups -OCH3 is 1. The standard InChI is InChI=1S/C15H13BrN2O2/c1-17-10-4-5-12-14(8-10)20-15(18-12)9-3-6-13(19-2)11(16)7-9/h3-8,17H,1-2H3. The second kappa shape index (κ2) is 5.17. The maximum atomic E-state index is 5.81. The normalized spacial score (nSPS) is 10.8. The van der Waals surface area contributed by atoms with E-state index >= 15 is 0 Å². The summed E-state index contributed by atoms with van der Waals surface area (Å²) in [6, 6.07) is 11.6. The average molecular weight is 333 g/mol. The maximum Gasteiger partial charge on any atom is 0.227 e. The summed E-state index contributed by atoms with van der Waals surface area (Å²) in [4.78, 5) is 4.50. The van der Waals surface area contributed by atoms with Crippen molar-refractivity contribution in [3.05, 3.63) is 40.9 Å². The zero-order valence-corrected chi connectivity index (χ0v) is 12.7. The summed E-state index contributed by atoms with van der Waals surface area (Å²) in [5.41, 5.74) is 3.50. The summed E-state index contributed by atoms with van der Waals surface area (Å²) >= 11 is 3.47. The van der Waals surface area contributed by atoms with Gasteiger partial charge in [0.05, 0.1) is 11.6 Å². The number of benzene rings is 2. The summed E-state index contributed by atoms with van der Waals surface area (Å²) in [7, 11) is 3.51. The Hall–Kier alpha value is -2.01. The number of nitrogens with zero attached hydrogens (tertiary/aromatic N) is 1. The van der Waals surface area contributed by atoms with Gasteiger partial charge in [0.15, 0.2) is 5.58 Å². The molecule has 0 amide bonds. The van der Waals surface area contributed by atoms with E-state index in [0.717, 1.165) is 32.6 Å². The lowest BCUT2D eigenvalue weighted by atomic mass is 10.2. The van der Waals surface area contributed by atoms with Gasteiger partial charge < -0.3 is 14.5 Å². The highest BCUT2D eigenvalue weighted by Crippen LogP contribution is 2.32. The molecule has 0 spiro atoms. The molecule has 0 saturated heterocycles. The van der Waals surface area contributed by atoms with Crippen molar-refractivity contribution in [1.82, 2.24) is 4.98 Å². The van der Waals surface area contributed by atoms with E-state index in [1.807, 2.05) is 43.4 Å². The van der Waals surface area contributed by atoms with Crippen LogP contribution in [-0.4, -0.2) is 19.1 Å². The second-order valence-electron chi connectivity index (χ2n) is 4.30. The Morgan fingerprint density at radius 3 is 2.75 bits per heavy atom. The van der Waals surface area contributed by atoms with Crippen molar-refractivity contribution < 1.29 is 9.15 Å². The Kier molecular flexibility index (Phi) is 3.36. The van der Waals surface area contributed by atoms with Crippen molar-refractivity contribution in [1.29, 1.82) is 0 Å². The molecule has 1 heterocycles.